The van der Waals surface area contributed by atoms with Gasteiger partial charge in [-0.05, 0) is 24.3 Å². The van der Waals surface area contributed by atoms with E-state index in [4.69, 9.17) is 0 Å². The van der Waals surface area contributed by atoms with Gasteiger partial charge in [-0.25, -0.2) is 0 Å². The maximum absolute atomic E-state index is 12.9. The van der Waals surface area contributed by atoms with Crippen molar-refractivity contribution in [2.75, 3.05) is 5.32 Å². The van der Waals surface area contributed by atoms with E-state index in [0.29, 0.717) is 4.88 Å². The van der Waals surface area contributed by atoms with Crippen LogP contribution in [0.5, 0.6) is 0 Å². The van der Waals surface area contributed by atoms with Crippen LogP contribution in [0.15, 0.2) is 60.7 Å². The van der Waals surface area contributed by atoms with Crippen LogP contribution in [-0.2, 0) is 13.2 Å². The number of benzene rings is 2. The van der Waals surface area contributed by atoms with Crippen LogP contribution in [0.25, 0.3) is 21.5 Å². The Morgan fingerprint density at radius 3 is 2.54 bits per heavy atom. The zero-order valence-corrected chi connectivity index (χ0v) is 15.4. The summed E-state index contributed by atoms with van der Waals surface area (Å²) < 4.78 is 40.3. The van der Waals surface area contributed by atoms with Crippen molar-refractivity contribution >= 4 is 33.1 Å². The minimum atomic E-state index is -4.46. The van der Waals surface area contributed by atoms with Crippen molar-refractivity contribution in [3.63, 3.8) is 0 Å². The lowest BCUT2D eigenvalue weighted by Gasteiger charge is -2.09. The molecule has 8 heteroatoms. The summed E-state index contributed by atoms with van der Waals surface area (Å²) in [5, 5.41) is 7.88. The topological polar surface area (TPSA) is 46.9 Å². The van der Waals surface area contributed by atoms with E-state index in [0.717, 1.165) is 33.6 Å². The predicted octanol–water partition coefficient (Wildman–Crippen LogP) is 5.57. The van der Waals surface area contributed by atoms with Gasteiger partial charge in [0, 0.05) is 23.7 Å². The van der Waals surface area contributed by atoms with Crippen LogP contribution in [0.1, 0.15) is 15.2 Å². The van der Waals surface area contributed by atoms with E-state index < -0.39 is 17.6 Å². The number of carbonyl (C=O) groups excluding carboxylic acids is 1. The molecule has 0 atom stereocenters. The monoisotopic (exact) mass is 401 g/mol. The van der Waals surface area contributed by atoms with E-state index in [-0.39, 0.29) is 5.69 Å². The lowest BCUT2D eigenvalue weighted by atomic mass is 10.1. The third kappa shape index (κ3) is 3.38. The van der Waals surface area contributed by atoms with E-state index in [2.05, 4.69) is 10.4 Å². The first-order valence-corrected chi connectivity index (χ1v) is 9.15. The second-order valence-electron chi connectivity index (χ2n) is 6.20. The molecule has 0 aliphatic carbocycles. The number of aromatic nitrogens is 2. The molecule has 0 aliphatic rings. The van der Waals surface area contributed by atoms with Crippen molar-refractivity contribution in [3.05, 3.63) is 71.1 Å². The number of aryl methyl sites for hydroxylation is 1. The lowest BCUT2D eigenvalue weighted by Crippen LogP contribution is -2.11. The number of amides is 1. The molecular formula is C20H14F3N3OS. The van der Waals surface area contributed by atoms with Gasteiger partial charge in [-0.15, -0.1) is 11.3 Å². The van der Waals surface area contributed by atoms with Crippen LogP contribution < -0.4 is 5.32 Å². The second kappa shape index (κ2) is 6.79. The number of hydrogen-bond acceptors (Lipinski definition) is 3. The van der Waals surface area contributed by atoms with Gasteiger partial charge in [0.15, 0.2) is 0 Å². The van der Waals surface area contributed by atoms with Crippen molar-refractivity contribution < 1.29 is 18.0 Å². The highest BCUT2D eigenvalue weighted by atomic mass is 32.1. The quantitative estimate of drug-likeness (QED) is 0.488. The van der Waals surface area contributed by atoms with Crippen LogP contribution in [0.3, 0.4) is 0 Å². The van der Waals surface area contributed by atoms with Gasteiger partial charge >= 0.3 is 6.18 Å². The van der Waals surface area contributed by atoms with Crippen LogP contribution in [-0.4, -0.2) is 15.7 Å². The fourth-order valence-corrected chi connectivity index (χ4v) is 3.90. The Balaban J connectivity index is 1.66. The number of alkyl halides is 3. The largest absolute Gasteiger partial charge is 0.416 e. The molecule has 0 spiro atoms. The van der Waals surface area contributed by atoms with Crippen LogP contribution in [0.2, 0.25) is 0 Å². The molecule has 0 bridgehead atoms. The minimum absolute atomic E-state index is 0.0960. The summed E-state index contributed by atoms with van der Waals surface area (Å²) >= 11 is 1.24. The maximum Gasteiger partial charge on any atom is 0.416 e. The second-order valence-corrected chi connectivity index (χ2v) is 7.23. The Bertz CT molecular complexity index is 1160. The summed E-state index contributed by atoms with van der Waals surface area (Å²) in [5.41, 5.74) is 0.971. The fourth-order valence-electron chi connectivity index (χ4n) is 2.93. The third-order valence-corrected chi connectivity index (χ3v) is 5.43. The number of carbonyl (C=O) groups is 1. The predicted molar refractivity (Wildman–Crippen MR) is 103 cm³/mol. The SMILES string of the molecule is Cn1nc(-c2ccccc2)c2cc(C(=O)Nc3cccc(C(F)(F)F)c3)sc21. The molecule has 2 aromatic carbocycles. The number of rotatable bonds is 3. The Morgan fingerprint density at radius 1 is 1.07 bits per heavy atom. The lowest BCUT2D eigenvalue weighted by molar-refractivity contribution is -0.137. The molecule has 2 aromatic heterocycles. The standard InChI is InChI=1S/C20H14F3N3OS/c1-26-19-15(17(25-26)12-6-3-2-4-7-12)11-16(28-19)18(27)24-14-9-5-8-13(10-14)20(21,22)23/h2-11H,1H3,(H,24,27). The molecule has 2 heterocycles. The van der Waals surface area contributed by atoms with E-state index in [1.54, 1.807) is 17.8 Å². The molecule has 1 N–H and O–H groups in total. The van der Waals surface area contributed by atoms with Crippen molar-refractivity contribution in [2.24, 2.45) is 7.05 Å². The molecule has 28 heavy (non-hydrogen) atoms. The van der Waals surface area contributed by atoms with Gasteiger partial charge in [-0.1, -0.05) is 36.4 Å². The average molecular weight is 401 g/mol. The first kappa shape index (κ1) is 18.2. The Hall–Kier alpha value is -3.13. The Labute approximate surface area is 162 Å². The molecule has 0 fully saturated rings. The molecule has 1 amide bonds. The summed E-state index contributed by atoms with van der Waals surface area (Å²) in [6.07, 6.45) is -4.46. The van der Waals surface area contributed by atoms with Gasteiger partial charge in [0.1, 0.15) is 10.5 Å². The van der Waals surface area contributed by atoms with Gasteiger partial charge in [-0.2, -0.15) is 18.3 Å². The van der Waals surface area contributed by atoms with Crippen molar-refractivity contribution in [3.8, 4) is 11.3 Å². The summed E-state index contributed by atoms with van der Waals surface area (Å²) in [6, 6.07) is 15.9. The average Bonchev–Trinajstić information content (AvgIpc) is 3.23. The maximum atomic E-state index is 12.9. The highest BCUT2D eigenvalue weighted by molar-refractivity contribution is 7.20. The molecular weight excluding hydrogens is 387 g/mol. The number of fused-ring (bicyclic) bond motifs is 1. The molecule has 4 aromatic rings. The summed E-state index contributed by atoms with van der Waals surface area (Å²) in [4.78, 5) is 13.8. The number of nitrogens with zero attached hydrogens (tertiary/aromatic N) is 2. The van der Waals surface area contributed by atoms with Gasteiger partial charge in [0.25, 0.3) is 5.91 Å². The molecule has 4 rings (SSSR count). The molecule has 0 saturated heterocycles. The Kier molecular flexibility index (Phi) is 4.43. The third-order valence-electron chi connectivity index (χ3n) is 4.23. The number of halogens is 3. The summed E-state index contributed by atoms with van der Waals surface area (Å²) in [6.45, 7) is 0. The molecule has 142 valence electrons. The van der Waals surface area contributed by atoms with E-state index in [1.807, 2.05) is 30.3 Å². The molecule has 0 unspecified atom stereocenters. The van der Waals surface area contributed by atoms with E-state index in [9.17, 15) is 18.0 Å². The van der Waals surface area contributed by atoms with Crippen LogP contribution in [0.4, 0.5) is 18.9 Å². The zero-order valence-electron chi connectivity index (χ0n) is 14.6. The molecule has 0 saturated carbocycles. The van der Waals surface area contributed by atoms with E-state index >= 15 is 0 Å². The number of thiophene rings is 1. The van der Waals surface area contributed by atoms with Gasteiger partial charge in [0.05, 0.1) is 10.4 Å². The highest BCUT2D eigenvalue weighted by Crippen LogP contribution is 2.34. The van der Waals surface area contributed by atoms with Crippen molar-refractivity contribution in [1.29, 1.82) is 0 Å². The minimum Gasteiger partial charge on any atom is -0.321 e. The molecule has 0 aliphatic heterocycles. The molecule has 0 radical (unpaired) electrons. The van der Waals surface area contributed by atoms with Crippen LogP contribution in [0, 0.1) is 0 Å². The number of anilines is 1. The van der Waals surface area contributed by atoms with Gasteiger partial charge < -0.3 is 5.32 Å². The number of nitrogens with one attached hydrogen (secondary N) is 1. The smallest absolute Gasteiger partial charge is 0.321 e. The van der Waals surface area contributed by atoms with Gasteiger partial charge in [0.2, 0.25) is 0 Å². The van der Waals surface area contributed by atoms with Gasteiger partial charge in [-0.3, -0.25) is 9.48 Å². The summed E-state index contributed by atoms with van der Waals surface area (Å²) in [7, 11) is 1.79. The normalized spacial score (nSPS) is 11.7. The van der Waals surface area contributed by atoms with Crippen molar-refractivity contribution in [2.45, 2.75) is 6.18 Å². The first-order chi connectivity index (χ1) is 13.3. The van der Waals surface area contributed by atoms with E-state index in [1.165, 1.54) is 23.5 Å². The zero-order chi connectivity index (χ0) is 19.9. The van der Waals surface area contributed by atoms with Crippen molar-refractivity contribution in [1.82, 2.24) is 9.78 Å². The Morgan fingerprint density at radius 2 is 1.82 bits per heavy atom. The summed E-state index contributed by atoms with van der Waals surface area (Å²) in [5.74, 6) is -0.459. The first-order valence-electron chi connectivity index (χ1n) is 8.33. The molecule has 4 nitrogen and oxygen atoms in total. The van der Waals surface area contributed by atoms with Crippen LogP contribution >= 0.6 is 11.3 Å². The fraction of sp³-hybridized carbons (Fsp3) is 0.100. The number of hydrogen-bond donors (Lipinski definition) is 1. The highest BCUT2D eigenvalue weighted by Gasteiger charge is 2.30.